The van der Waals surface area contributed by atoms with Crippen molar-refractivity contribution in [2.45, 2.75) is 24.7 Å². The van der Waals surface area contributed by atoms with E-state index in [1.807, 2.05) is 43.9 Å². The SMILES string of the molecule is CCCCOC(=O)CN(c1ccc2c(c1)c(Br)cn2-c1ccc(NCCN(C)C)nn1)S(=O)(=O)c1cc(Cl)cc(Cl)c1. The van der Waals surface area contributed by atoms with Crippen LogP contribution in [0.2, 0.25) is 10.0 Å². The molecule has 0 bridgehead atoms. The summed E-state index contributed by atoms with van der Waals surface area (Å²) in [5.74, 6) is 0.562. The fourth-order valence-corrected chi connectivity index (χ4v) is 6.74. The zero-order chi connectivity index (χ0) is 30.4. The van der Waals surface area contributed by atoms with E-state index in [0.29, 0.717) is 27.9 Å². The van der Waals surface area contributed by atoms with Gasteiger partial charge in [0.1, 0.15) is 12.4 Å². The molecule has 2 aromatic heterocycles. The van der Waals surface area contributed by atoms with E-state index in [4.69, 9.17) is 27.9 Å². The molecule has 224 valence electrons. The number of ether oxygens (including phenoxy) is 1. The van der Waals surface area contributed by atoms with Crippen molar-refractivity contribution in [2.75, 3.05) is 50.0 Å². The molecule has 10 nitrogen and oxygen atoms in total. The van der Waals surface area contributed by atoms with Crippen LogP contribution in [0.25, 0.3) is 16.7 Å². The Morgan fingerprint density at radius 1 is 1.07 bits per heavy atom. The predicted octanol–water partition coefficient (Wildman–Crippen LogP) is 6.00. The minimum Gasteiger partial charge on any atom is -0.464 e. The van der Waals surface area contributed by atoms with Crippen LogP contribution in [0.15, 0.2) is 64.1 Å². The van der Waals surface area contributed by atoms with Gasteiger partial charge in [0.2, 0.25) is 0 Å². The number of aromatic nitrogens is 3. The molecule has 0 atom stereocenters. The molecule has 1 N–H and O–H groups in total. The highest BCUT2D eigenvalue weighted by molar-refractivity contribution is 9.10. The number of hydrogen-bond donors (Lipinski definition) is 1. The van der Waals surface area contributed by atoms with Crippen LogP contribution in [-0.4, -0.2) is 74.4 Å². The van der Waals surface area contributed by atoms with Gasteiger partial charge in [0.15, 0.2) is 5.82 Å². The van der Waals surface area contributed by atoms with Crippen LogP contribution in [0, 0.1) is 0 Å². The number of sulfonamides is 1. The first-order chi connectivity index (χ1) is 20.0. The van der Waals surface area contributed by atoms with Crippen LogP contribution < -0.4 is 9.62 Å². The molecule has 0 unspecified atom stereocenters. The quantitative estimate of drug-likeness (QED) is 0.134. The van der Waals surface area contributed by atoms with Crippen LogP contribution in [0.1, 0.15) is 19.8 Å². The first kappa shape index (κ1) is 32.0. The Kier molecular flexibility index (Phi) is 10.7. The zero-order valence-corrected chi connectivity index (χ0v) is 27.3. The minimum absolute atomic E-state index is 0.146. The molecule has 0 saturated heterocycles. The molecular weight excluding hydrogens is 667 g/mol. The fourth-order valence-electron chi connectivity index (χ4n) is 4.09. The largest absolute Gasteiger partial charge is 0.464 e. The molecule has 0 radical (unpaired) electrons. The van der Waals surface area contributed by atoms with Gasteiger partial charge in [-0.25, -0.2) is 8.42 Å². The van der Waals surface area contributed by atoms with E-state index in [-0.39, 0.29) is 27.2 Å². The van der Waals surface area contributed by atoms with Crippen LogP contribution in [0.4, 0.5) is 11.5 Å². The van der Waals surface area contributed by atoms with Crippen molar-refractivity contribution in [2.24, 2.45) is 0 Å². The zero-order valence-electron chi connectivity index (χ0n) is 23.3. The van der Waals surface area contributed by atoms with E-state index < -0.39 is 22.5 Å². The predicted molar refractivity (Wildman–Crippen MR) is 170 cm³/mol. The van der Waals surface area contributed by atoms with Gasteiger partial charge in [-0.05, 0) is 85.0 Å². The number of unbranched alkanes of at least 4 members (excludes halogenated alkanes) is 1. The molecule has 4 rings (SSSR count). The summed E-state index contributed by atoms with van der Waals surface area (Å²) in [5, 5.41) is 12.9. The molecule has 2 aromatic carbocycles. The highest BCUT2D eigenvalue weighted by Crippen LogP contribution is 2.34. The van der Waals surface area contributed by atoms with Crippen LogP contribution in [0.3, 0.4) is 0 Å². The smallest absolute Gasteiger partial charge is 0.326 e. The molecule has 0 saturated carbocycles. The summed E-state index contributed by atoms with van der Waals surface area (Å²) in [4.78, 5) is 14.7. The normalized spacial score (nSPS) is 11.7. The van der Waals surface area contributed by atoms with Gasteiger partial charge in [-0.15, -0.1) is 10.2 Å². The molecular formula is C28H31BrCl2N6O4S. The molecule has 4 aromatic rings. The summed E-state index contributed by atoms with van der Waals surface area (Å²) in [7, 11) is -0.265. The van der Waals surface area contributed by atoms with E-state index in [9.17, 15) is 13.2 Å². The number of anilines is 2. The number of likely N-dealkylation sites (N-methyl/N-ethyl adjacent to an activating group) is 1. The summed E-state index contributed by atoms with van der Waals surface area (Å²) in [5.41, 5.74) is 1.01. The van der Waals surface area contributed by atoms with Crippen molar-refractivity contribution < 1.29 is 17.9 Å². The van der Waals surface area contributed by atoms with Crippen molar-refractivity contribution in [3.63, 3.8) is 0 Å². The molecule has 0 aliphatic rings. The van der Waals surface area contributed by atoms with Crippen LogP contribution >= 0.6 is 39.1 Å². The van der Waals surface area contributed by atoms with Gasteiger partial charge in [0.05, 0.1) is 22.7 Å². The third-order valence-corrected chi connectivity index (χ3v) is 9.07. The van der Waals surface area contributed by atoms with E-state index in [0.717, 1.165) is 29.3 Å². The third-order valence-electron chi connectivity index (χ3n) is 6.25. The fraction of sp³-hybridized carbons (Fsp3) is 0.321. The third kappa shape index (κ3) is 7.73. The average molecular weight is 698 g/mol. The van der Waals surface area contributed by atoms with Crippen LogP contribution in [0.5, 0.6) is 0 Å². The van der Waals surface area contributed by atoms with E-state index in [2.05, 4.69) is 36.3 Å². The number of halogens is 3. The monoisotopic (exact) mass is 696 g/mol. The lowest BCUT2D eigenvalue weighted by atomic mass is 10.2. The number of fused-ring (bicyclic) bond motifs is 1. The van der Waals surface area contributed by atoms with Gasteiger partial charge in [-0.2, -0.15) is 0 Å². The standard InChI is InChI=1S/C28H31BrCl2N6O4S/c1-4-5-12-41-28(38)18-37(42(39,40)22-14-19(30)13-20(31)15-22)21-6-7-25-23(16-21)24(29)17-36(25)27-9-8-26(33-34-27)32-10-11-35(2)3/h6-9,13-17H,4-5,10-12,18H2,1-3H3,(H,32,33). The second kappa shape index (κ2) is 14.0. The molecule has 2 heterocycles. The number of hydrogen-bond acceptors (Lipinski definition) is 8. The summed E-state index contributed by atoms with van der Waals surface area (Å²) in [6, 6.07) is 12.8. The first-order valence-electron chi connectivity index (χ1n) is 13.2. The van der Waals surface area contributed by atoms with Crippen molar-refractivity contribution in [1.82, 2.24) is 19.7 Å². The number of carbonyl (C=O) groups excluding carboxylic acids is 1. The van der Waals surface area contributed by atoms with Gasteiger partial charge < -0.3 is 15.0 Å². The van der Waals surface area contributed by atoms with Crippen molar-refractivity contribution >= 4 is 77.5 Å². The molecule has 0 aliphatic heterocycles. The maximum absolute atomic E-state index is 13.9. The molecule has 0 fully saturated rings. The molecule has 0 amide bonds. The summed E-state index contributed by atoms with van der Waals surface area (Å²) >= 11 is 15.8. The number of rotatable bonds is 13. The number of nitrogens with one attached hydrogen (secondary N) is 1. The summed E-state index contributed by atoms with van der Waals surface area (Å²) < 4.78 is 36.5. The second-order valence-corrected chi connectivity index (χ2v) is 13.3. The Morgan fingerprint density at radius 3 is 2.45 bits per heavy atom. The van der Waals surface area contributed by atoms with Gasteiger partial charge in [-0.1, -0.05) is 36.5 Å². The molecule has 0 spiro atoms. The maximum atomic E-state index is 13.9. The Hall–Kier alpha value is -2.90. The van der Waals surface area contributed by atoms with Crippen molar-refractivity contribution in [3.05, 3.63) is 69.2 Å². The van der Waals surface area contributed by atoms with Crippen molar-refractivity contribution in [1.29, 1.82) is 0 Å². The number of esters is 1. The first-order valence-corrected chi connectivity index (χ1v) is 16.2. The number of carbonyl (C=O) groups is 1. The number of nitrogens with zero attached hydrogens (tertiary/aromatic N) is 5. The summed E-state index contributed by atoms with van der Waals surface area (Å²) in [6.45, 7) is 3.22. The van der Waals surface area contributed by atoms with Gasteiger partial charge in [0, 0.05) is 39.2 Å². The lowest BCUT2D eigenvalue weighted by molar-refractivity contribution is -0.141. The highest BCUT2D eigenvalue weighted by atomic mass is 79.9. The van der Waals surface area contributed by atoms with Crippen molar-refractivity contribution in [3.8, 4) is 5.82 Å². The Morgan fingerprint density at radius 2 is 1.81 bits per heavy atom. The second-order valence-electron chi connectivity index (χ2n) is 9.75. The molecule has 0 aliphatic carbocycles. The number of benzene rings is 2. The Balaban J connectivity index is 1.70. The highest BCUT2D eigenvalue weighted by Gasteiger charge is 2.29. The summed E-state index contributed by atoms with van der Waals surface area (Å²) in [6.07, 6.45) is 3.33. The lowest BCUT2D eigenvalue weighted by Crippen LogP contribution is -2.36. The maximum Gasteiger partial charge on any atom is 0.326 e. The topological polar surface area (TPSA) is 110 Å². The Bertz CT molecular complexity index is 1640. The van der Waals surface area contributed by atoms with E-state index in [1.54, 1.807) is 18.2 Å². The minimum atomic E-state index is -4.26. The average Bonchev–Trinajstić information content (AvgIpc) is 3.27. The lowest BCUT2D eigenvalue weighted by Gasteiger charge is -2.24. The van der Waals surface area contributed by atoms with Crippen LogP contribution in [-0.2, 0) is 19.6 Å². The van der Waals surface area contributed by atoms with Gasteiger partial charge >= 0.3 is 5.97 Å². The molecule has 42 heavy (non-hydrogen) atoms. The van der Waals surface area contributed by atoms with E-state index in [1.165, 1.54) is 18.2 Å². The van der Waals surface area contributed by atoms with Gasteiger partial charge in [-0.3, -0.25) is 13.7 Å². The van der Waals surface area contributed by atoms with E-state index >= 15 is 0 Å². The Labute approximate surface area is 263 Å². The van der Waals surface area contributed by atoms with Gasteiger partial charge in [0.25, 0.3) is 10.0 Å². The molecule has 14 heteroatoms.